The molecule has 0 heterocycles. The molecule has 0 aromatic carbocycles. The molecule has 450 valence electrons. The lowest BCUT2D eigenvalue weighted by Gasteiger charge is -2.18. The SMILES string of the molecule is CCC/C=C\CCCCCCCC(=O)OCC(COC(=O)CCCCCCCCCCCCCCCCCCCCC/C=C\CCCCCCCCCC)OC(=O)CCCCCCCCC/C=C\C/C=C\CCCCCC. The van der Waals surface area contributed by atoms with E-state index in [9.17, 15) is 14.4 Å². The number of carbonyl (C=O) groups is 3. The average Bonchev–Trinajstić information content (AvgIpc) is 3.43. The van der Waals surface area contributed by atoms with E-state index < -0.39 is 6.10 Å². The summed E-state index contributed by atoms with van der Waals surface area (Å²) in [5.41, 5.74) is 0. The van der Waals surface area contributed by atoms with Crippen molar-refractivity contribution in [3.8, 4) is 0 Å². The molecule has 0 spiro atoms. The standard InChI is InChI=1S/C71H130O6/c1-4-7-10-13-16-19-22-24-26-28-30-31-32-33-34-35-36-37-38-39-40-41-42-44-45-47-49-52-55-58-61-64-70(73)76-67-68(66-75-69(72)63-60-57-54-51-21-18-15-12-9-6-3)77-71(74)65-62-59-56-53-50-48-46-43-29-27-25-23-20-17-14-11-8-5-2/h12,15,20,23,27-30,68H,4-11,13-14,16-19,21-22,24-26,31-67H2,1-3H3/b15-12-,23-20-,29-27-,30-28-. The molecule has 0 rings (SSSR count). The van der Waals surface area contributed by atoms with Crippen LogP contribution in [-0.2, 0) is 28.6 Å². The van der Waals surface area contributed by atoms with Crippen molar-refractivity contribution in [2.24, 2.45) is 0 Å². The lowest BCUT2D eigenvalue weighted by atomic mass is 10.0. The molecule has 0 aliphatic heterocycles. The first-order valence-electron chi connectivity index (χ1n) is 34.1. The highest BCUT2D eigenvalue weighted by molar-refractivity contribution is 5.71. The molecule has 0 amide bonds. The Balaban J connectivity index is 4.10. The van der Waals surface area contributed by atoms with Gasteiger partial charge in [-0.1, -0.05) is 301 Å². The van der Waals surface area contributed by atoms with Gasteiger partial charge in [0.2, 0.25) is 0 Å². The van der Waals surface area contributed by atoms with E-state index in [0.717, 1.165) is 83.5 Å². The van der Waals surface area contributed by atoms with Crippen molar-refractivity contribution in [2.45, 2.75) is 374 Å². The predicted octanol–water partition coefficient (Wildman–Crippen LogP) is 23.3. The van der Waals surface area contributed by atoms with Crippen LogP contribution < -0.4 is 0 Å². The van der Waals surface area contributed by atoms with E-state index in [4.69, 9.17) is 14.2 Å². The van der Waals surface area contributed by atoms with Crippen LogP contribution in [0.2, 0.25) is 0 Å². The first kappa shape index (κ1) is 74.4. The smallest absolute Gasteiger partial charge is 0.306 e. The molecule has 0 bridgehead atoms. The van der Waals surface area contributed by atoms with E-state index in [1.54, 1.807) is 0 Å². The second-order valence-electron chi connectivity index (χ2n) is 23.1. The zero-order valence-electron chi connectivity index (χ0n) is 51.7. The minimum absolute atomic E-state index is 0.0758. The minimum Gasteiger partial charge on any atom is -0.462 e. The van der Waals surface area contributed by atoms with Crippen LogP contribution in [0.1, 0.15) is 367 Å². The lowest BCUT2D eigenvalue weighted by molar-refractivity contribution is -0.167. The van der Waals surface area contributed by atoms with Gasteiger partial charge in [0.15, 0.2) is 6.10 Å². The molecule has 0 aromatic rings. The highest BCUT2D eigenvalue weighted by Gasteiger charge is 2.19. The van der Waals surface area contributed by atoms with Crippen molar-refractivity contribution < 1.29 is 28.6 Å². The summed E-state index contributed by atoms with van der Waals surface area (Å²) in [4.78, 5) is 38.2. The summed E-state index contributed by atoms with van der Waals surface area (Å²) < 4.78 is 16.9. The number of hydrogen-bond acceptors (Lipinski definition) is 6. The van der Waals surface area contributed by atoms with E-state index in [2.05, 4.69) is 69.4 Å². The summed E-state index contributed by atoms with van der Waals surface area (Å²) in [6, 6.07) is 0. The van der Waals surface area contributed by atoms with Crippen molar-refractivity contribution in [1.29, 1.82) is 0 Å². The molecule has 6 heteroatoms. The van der Waals surface area contributed by atoms with Crippen molar-refractivity contribution in [3.63, 3.8) is 0 Å². The molecule has 0 fully saturated rings. The normalized spacial score (nSPS) is 12.3. The Morgan fingerprint density at radius 3 is 0.792 bits per heavy atom. The largest absolute Gasteiger partial charge is 0.462 e. The molecule has 1 unspecified atom stereocenters. The molecule has 6 nitrogen and oxygen atoms in total. The van der Waals surface area contributed by atoms with Crippen LogP contribution in [0.4, 0.5) is 0 Å². The first-order chi connectivity index (χ1) is 38.0. The van der Waals surface area contributed by atoms with Crippen molar-refractivity contribution >= 4 is 17.9 Å². The maximum Gasteiger partial charge on any atom is 0.306 e. The predicted molar refractivity (Wildman–Crippen MR) is 335 cm³/mol. The third kappa shape index (κ3) is 64.1. The Morgan fingerprint density at radius 2 is 0.494 bits per heavy atom. The maximum atomic E-state index is 12.9. The van der Waals surface area contributed by atoms with Crippen LogP contribution in [0, 0.1) is 0 Å². The second kappa shape index (κ2) is 65.9. The average molecular weight is 1080 g/mol. The van der Waals surface area contributed by atoms with Crippen molar-refractivity contribution in [2.75, 3.05) is 13.2 Å². The van der Waals surface area contributed by atoms with Crippen LogP contribution in [0.15, 0.2) is 48.6 Å². The summed E-state index contributed by atoms with van der Waals surface area (Å²) in [6.45, 7) is 6.60. The fraction of sp³-hybridized carbons (Fsp3) is 0.845. The quantitative estimate of drug-likeness (QED) is 0.0261. The van der Waals surface area contributed by atoms with Gasteiger partial charge in [-0.05, 0) is 96.3 Å². The summed E-state index contributed by atoms with van der Waals surface area (Å²) in [5.74, 6) is -0.875. The van der Waals surface area contributed by atoms with Gasteiger partial charge in [0.1, 0.15) is 13.2 Å². The Kier molecular flexibility index (Phi) is 63.6. The van der Waals surface area contributed by atoms with E-state index in [1.807, 2.05) is 0 Å². The van der Waals surface area contributed by atoms with E-state index in [1.165, 1.54) is 244 Å². The number of esters is 3. The van der Waals surface area contributed by atoms with Gasteiger partial charge in [-0.15, -0.1) is 0 Å². The summed E-state index contributed by atoms with van der Waals surface area (Å²) in [5, 5.41) is 0. The molecule has 0 aliphatic carbocycles. The van der Waals surface area contributed by atoms with Crippen molar-refractivity contribution in [1.82, 2.24) is 0 Å². The van der Waals surface area contributed by atoms with Gasteiger partial charge in [0.25, 0.3) is 0 Å². The monoisotopic (exact) mass is 1080 g/mol. The molecule has 0 N–H and O–H groups in total. The first-order valence-corrected chi connectivity index (χ1v) is 34.1. The Labute approximate surface area is 479 Å². The van der Waals surface area contributed by atoms with E-state index >= 15 is 0 Å². The zero-order chi connectivity index (χ0) is 55.7. The van der Waals surface area contributed by atoms with Crippen LogP contribution in [0.25, 0.3) is 0 Å². The third-order valence-corrected chi connectivity index (χ3v) is 15.3. The molecule has 0 radical (unpaired) electrons. The summed E-state index contributed by atoms with van der Waals surface area (Å²) >= 11 is 0. The highest BCUT2D eigenvalue weighted by atomic mass is 16.6. The maximum absolute atomic E-state index is 12.9. The van der Waals surface area contributed by atoms with E-state index in [0.29, 0.717) is 19.3 Å². The van der Waals surface area contributed by atoms with Gasteiger partial charge < -0.3 is 14.2 Å². The zero-order valence-corrected chi connectivity index (χ0v) is 51.7. The fourth-order valence-corrected chi connectivity index (χ4v) is 10.1. The summed E-state index contributed by atoms with van der Waals surface area (Å²) in [7, 11) is 0. The number of unbranched alkanes of at least 4 members (excludes halogenated alkanes) is 44. The Hall–Kier alpha value is -2.63. The number of rotatable bonds is 63. The van der Waals surface area contributed by atoms with Crippen molar-refractivity contribution in [3.05, 3.63) is 48.6 Å². The fourth-order valence-electron chi connectivity index (χ4n) is 10.1. The molecular weight excluding hydrogens is 949 g/mol. The highest BCUT2D eigenvalue weighted by Crippen LogP contribution is 2.18. The molecule has 1 atom stereocenters. The lowest BCUT2D eigenvalue weighted by Crippen LogP contribution is -2.30. The number of allylic oxidation sites excluding steroid dienone is 8. The summed E-state index contributed by atoms with van der Waals surface area (Å²) in [6.07, 6.45) is 83.0. The number of carbonyl (C=O) groups excluding carboxylic acids is 3. The van der Waals surface area contributed by atoms with Gasteiger partial charge in [0, 0.05) is 19.3 Å². The molecule has 77 heavy (non-hydrogen) atoms. The van der Waals surface area contributed by atoms with Crippen LogP contribution in [0.5, 0.6) is 0 Å². The van der Waals surface area contributed by atoms with Crippen LogP contribution >= 0.6 is 0 Å². The van der Waals surface area contributed by atoms with E-state index in [-0.39, 0.29) is 31.1 Å². The Morgan fingerprint density at radius 1 is 0.260 bits per heavy atom. The topological polar surface area (TPSA) is 78.9 Å². The second-order valence-corrected chi connectivity index (χ2v) is 23.1. The van der Waals surface area contributed by atoms with Gasteiger partial charge in [-0.2, -0.15) is 0 Å². The van der Waals surface area contributed by atoms with Crippen LogP contribution in [0.3, 0.4) is 0 Å². The van der Waals surface area contributed by atoms with Crippen LogP contribution in [-0.4, -0.2) is 37.2 Å². The number of ether oxygens (including phenoxy) is 3. The van der Waals surface area contributed by atoms with Gasteiger partial charge in [0.05, 0.1) is 0 Å². The van der Waals surface area contributed by atoms with Gasteiger partial charge >= 0.3 is 17.9 Å². The van der Waals surface area contributed by atoms with Gasteiger partial charge in [-0.25, -0.2) is 0 Å². The molecular formula is C71H130O6. The minimum atomic E-state index is -0.779. The molecule has 0 saturated heterocycles. The Bertz CT molecular complexity index is 1330. The molecule has 0 aromatic heterocycles. The molecule has 0 aliphatic rings. The molecule has 0 saturated carbocycles. The number of hydrogen-bond donors (Lipinski definition) is 0. The third-order valence-electron chi connectivity index (χ3n) is 15.3. The van der Waals surface area contributed by atoms with Gasteiger partial charge in [-0.3, -0.25) is 14.4 Å².